The predicted molar refractivity (Wildman–Crippen MR) is 83.2 cm³/mol. The van der Waals surface area contributed by atoms with E-state index < -0.39 is 10.8 Å². The van der Waals surface area contributed by atoms with Crippen LogP contribution in [0.5, 0.6) is 0 Å². The Balaban J connectivity index is 2.12. The molecular formula is C15H14Cl2OS. The highest BCUT2D eigenvalue weighted by molar-refractivity contribution is 7.83. The summed E-state index contributed by atoms with van der Waals surface area (Å²) in [5.74, 6) is 0.904. The summed E-state index contributed by atoms with van der Waals surface area (Å²) in [6.07, 6.45) is 0. The summed E-state index contributed by atoms with van der Waals surface area (Å²) in [4.78, 5) is 0. The quantitative estimate of drug-likeness (QED) is 0.796. The van der Waals surface area contributed by atoms with Crippen LogP contribution in [-0.4, -0.2) is 4.21 Å². The van der Waals surface area contributed by atoms with Crippen LogP contribution in [0.3, 0.4) is 0 Å². The third kappa shape index (κ3) is 3.82. The molecule has 0 N–H and O–H groups in total. The first-order valence-electron chi connectivity index (χ1n) is 5.90. The van der Waals surface area contributed by atoms with Gasteiger partial charge >= 0.3 is 0 Å². The van der Waals surface area contributed by atoms with E-state index in [1.807, 2.05) is 31.2 Å². The van der Waals surface area contributed by atoms with Gasteiger partial charge in [0.2, 0.25) is 0 Å². The van der Waals surface area contributed by atoms with Crippen molar-refractivity contribution in [1.29, 1.82) is 0 Å². The van der Waals surface area contributed by atoms with Crippen molar-refractivity contribution >= 4 is 34.0 Å². The molecule has 1 atom stereocenters. The van der Waals surface area contributed by atoms with Gasteiger partial charge in [-0.1, -0.05) is 53.5 Å². The predicted octanol–water partition coefficient (Wildman–Crippen LogP) is 4.75. The lowest BCUT2D eigenvalue weighted by atomic mass is 10.1. The highest BCUT2D eigenvalue weighted by atomic mass is 35.5. The number of aryl methyl sites for hydroxylation is 1. The Morgan fingerprint density at radius 1 is 0.947 bits per heavy atom. The van der Waals surface area contributed by atoms with Gasteiger partial charge in [-0.15, -0.1) is 0 Å². The number of rotatable bonds is 4. The molecule has 0 bridgehead atoms. The summed E-state index contributed by atoms with van der Waals surface area (Å²) in [5, 5.41) is 1.15. The Kier molecular flexibility index (Phi) is 5.03. The Morgan fingerprint density at radius 2 is 1.58 bits per heavy atom. The lowest BCUT2D eigenvalue weighted by molar-refractivity contribution is 0.682. The SMILES string of the molecule is Cc1ccccc1C[S@](=O)Cc1c(Cl)cccc1Cl. The van der Waals surface area contributed by atoms with Crippen molar-refractivity contribution in [1.82, 2.24) is 0 Å². The fourth-order valence-electron chi connectivity index (χ4n) is 1.83. The zero-order chi connectivity index (χ0) is 13.8. The Bertz CT molecular complexity index is 591. The van der Waals surface area contributed by atoms with Crippen molar-refractivity contribution < 1.29 is 4.21 Å². The molecule has 0 aliphatic rings. The smallest absolute Gasteiger partial charge is 0.0518 e. The van der Waals surface area contributed by atoms with E-state index in [0.29, 0.717) is 21.6 Å². The van der Waals surface area contributed by atoms with Crippen LogP contribution in [0.1, 0.15) is 16.7 Å². The maximum absolute atomic E-state index is 12.2. The zero-order valence-electron chi connectivity index (χ0n) is 10.5. The number of hydrogen-bond donors (Lipinski definition) is 0. The molecule has 0 spiro atoms. The summed E-state index contributed by atoms with van der Waals surface area (Å²) < 4.78 is 12.2. The Hall–Kier alpha value is -0.830. The molecule has 0 radical (unpaired) electrons. The van der Waals surface area contributed by atoms with Gasteiger partial charge in [0.15, 0.2) is 0 Å². The molecule has 0 aliphatic heterocycles. The maximum atomic E-state index is 12.2. The molecule has 100 valence electrons. The normalized spacial score (nSPS) is 12.4. The molecule has 0 aromatic heterocycles. The lowest BCUT2D eigenvalue weighted by Gasteiger charge is -2.08. The molecule has 0 saturated carbocycles. The van der Waals surface area contributed by atoms with Crippen LogP contribution < -0.4 is 0 Å². The second-order valence-electron chi connectivity index (χ2n) is 4.36. The molecule has 2 aromatic carbocycles. The van der Waals surface area contributed by atoms with Gasteiger partial charge in [0, 0.05) is 32.2 Å². The zero-order valence-corrected chi connectivity index (χ0v) is 12.9. The van der Waals surface area contributed by atoms with Gasteiger partial charge < -0.3 is 0 Å². The molecule has 4 heteroatoms. The van der Waals surface area contributed by atoms with Crippen LogP contribution in [0.4, 0.5) is 0 Å². The third-order valence-electron chi connectivity index (χ3n) is 2.94. The van der Waals surface area contributed by atoms with Crippen LogP contribution in [0, 0.1) is 6.92 Å². The van der Waals surface area contributed by atoms with Gasteiger partial charge in [-0.25, -0.2) is 0 Å². The van der Waals surface area contributed by atoms with Gasteiger partial charge in [-0.2, -0.15) is 0 Å². The van der Waals surface area contributed by atoms with Crippen molar-refractivity contribution in [2.24, 2.45) is 0 Å². The van der Waals surface area contributed by atoms with E-state index in [4.69, 9.17) is 23.2 Å². The van der Waals surface area contributed by atoms with E-state index in [2.05, 4.69) is 0 Å². The maximum Gasteiger partial charge on any atom is 0.0518 e. The fourth-order valence-corrected chi connectivity index (χ4v) is 3.92. The van der Waals surface area contributed by atoms with Crippen molar-refractivity contribution in [3.05, 3.63) is 69.2 Å². The van der Waals surface area contributed by atoms with E-state index in [9.17, 15) is 4.21 Å². The van der Waals surface area contributed by atoms with Crippen LogP contribution >= 0.6 is 23.2 Å². The lowest BCUT2D eigenvalue weighted by Crippen LogP contribution is -2.02. The van der Waals surface area contributed by atoms with Crippen LogP contribution in [-0.2, 0) is 22.3 Å². The largest absolute Gasteiger partial charge is 0.259 e. The van der Waals surface area contributed by atoms with Crippen LogP contribution in [0.15, 0.2) is 42.5 Å². The van der Waals surface area contributed by atoms with Gasteiger partial charge in [0.1, 0.15) is 0 Å². The number of hydrogen-bond acceptors (Lipinski definition) is 1. The minimum absolute atomic E-state index is 0.382. The monoisotopic (exact) mass is 312 g/mol. The molecule has 0 amide bonds. The first-order valence-corrected chi connectivity index (χ1v) is 8.14. The molecule has 2 aromatic rings. The first kappa shape index (κ1) is 14.6. The second-order valence-corrected chi connectivity index (χ2v) is 6.63. The Morgan fingerprint density at radius 3 is 2.21 bits per heavy atom. The van der Waals surface area contributed by atoms with Crippen molar-refractivity contribution in [2.45, 2.75) is 18.4 Å². The van der Waals surface area contributed by atoms with Crippen LogP contribution in [0.25, 0.3) is 0 Å². The van der Waals surface area contributed by atoms with Gasteiger partial charge in [0.05, 0.1) is 5.75 Å². The van der Waals surface area contributed by atoms with Gasteiger partial charge in [0.25, 0.3) is 0 Å². The fraction of sp³-hybridized carbons (Fsp3) is 0.200. The molecule has 0 fully saturated rings. The first-order chi connectivity index (χ1) is 9.08. The minimum atomic E-state index is -1.02. The van der Waals surface area contributed by atoms with Crippen molar-refractivity contribution in [3.8, 4) is 0 Å². The molecular weight excluding hydrogens is 299 g/mol. The molecule has 0 unspecified atom stereocenters. The van der Waals surface area contributed by atoms with E-state index >= 15 is 0 Å². The Labute approximate surface area is 126 Å². The molecule has 0 heterocycles. The van der Waals surface area contributed by atoms with E-state index in [0.717, 1.165) is 16.7 Å². The van der Waals surface area contributed by atoms with E-state index in [-0.39, 0.29) is 0 Å². The average Bonchev–Trinajstić information content (AvgIpc) is 2.37. The highest BCUT2D eigenvalue weighted by Gasteiger charge is 2.11. The molecule has 0 saturated heterocycles. The summed E-state index contributed by atoms with van der Waals surface area (Å²) in [6.45, 7) is 2.02. The molecule has 19 heavy (non-hydrogen) atoms. The van der Waals surface area contributed by atoms with E-state index in [1.54, 1.807) is 18.2 Å². The summed E-state index contributed by atoms with van der Waals surface area (Å²) >= 11 is 12.2. The molecule has 2 rings (SSSR count). The molecule has 1 nitrogen and oxygen atoms in total. The topological polar surface area (TPSA) is 17.1 Å². The van der Waals surface area contributed by atoms with Crippen molar-refractivity contribution in [2.75, 3.05) is 0 Å². The van der Waals surface area contributed by atoms with Gasteiger partial charge in [-0.3, -0.25) is 4.21 Å². The average molecular weight is 313 g/mol. The summed E-state index contributed by atoms with van der Waals surface area (Å²) in [5.41, 5.74) is 3.02. The second kappa shape index (κ2) is 6.56. The number of halogens is 2. The van der Waals surface area contributed by atoms with Gasteiger partial charge in [-0.05, 0) is 30.2 Å². The minimum Gasteiger partial charge on any atom is -0.259 e. The van der Waals surface area contributed by atoms with Crippen LogP contribution in [0.2, 0.25) is 10.0 Å². The van der Waals surface area contributed by atoms with Crippen molar-refractivity contribution in [3.63, 3.8) is 0 Å². The third-order valence-corrected chi connectivity index (χ3v) is 4.90. The standard InChI is InChI=1S/C15H14Cl2OS/c1-11-5-2-3-6-12(11)9-19(18)10-13-14(16)7-4-8-15(13)17/h2-8H,9-10H2,1H3/t19-/m0/s1. The summed E-state index contributed by atoms with van der Waals surface area (Å²) in [6, 6.07) is 13.3. The highest BCUT2D eigenvalue weighted by Crippen LogP contribution is 2.26. The summed E-state index contributed by atoms with van der Waals surface area (Å²) in [7, 11) is -1.02. The molecule has 0 aliphatic carbocycles. The number of benzene rings is 2. The van der Waals surface area contributed by atoms with E-state index in [1.165, 1.54) is 0 Å².